The Labute approximate surface area is 155 Å². The Morgan fingerprint density at radius 2 is 1.92 bits per heavy atom. The fourth-order valence-electron chi connectivity index (χ4n) is 3.25. The third kappa shape index (κ3) is 5.44. The zero-order valence-corrected chi connectivity index (χ0v) is 15.4. The molecule has 25 heavy (non-hydrogen) atoms. The minimum atomic E-state index is 0.432. The van der Waals surface area contributed by atoms with Crippen molar-refractivity contribution in [3.05, 3.63) is 60.2 Å². The van der Waals surface area contributed by atoms with E-state index in [1.807, 2.05) is 31.2 Å². The number of hydrogen-bond donors (Lipinski definition) is 3. The number of ether oxygens (including phenoxy) is 1. The molecule has 2 aromatic rings. The zero-order valence-electron chi connectivity index (χ0n) is 14.6. The van der Waals surface area contributed by atoms with Crippen molar-refractivity contribution in [2.45, 2.75) is 25.9 Å². The lowest BCUT2D eigenvalue weighted by molar-refractivity contribution is -0.901. The molecule has 0 aliphatic carbocycles. The fraction of sp³-hybridized carbons (Fsp3) is 0.350. The van der Waals surface area contributed by atoms with Crippen LogP contribution in [-0.2, 0) is 6.54 Å². The predicted molar refractivity (Wildman–Crippen MR) is 106 cm³/mol. The first-order valence-electron chi connectivity index (χ1n) is 8.91. The lowest BCUT2D eigenvalue weighted by Crippen LogP contribution is -3.09. The molecule has 1 fully saturated rings. The zero-order chi connectivity index (χ0) is 17.5. The van der Waals surface area contributed by atoms with Gasteiger partial charge in [-0.25, -0.2) is 0 Å². The molecule has 1 heterocycles. The minimum absolute atomic E-state index is 0.432. The summed E-state index contributed by atoms with van der Waals surface area (Å²) < 4.78 is 5.46. The summed E-state index contributed by atoms with van der Waals surface area (Å²) >= 11 is 5.46. The number of benzene rings is 2. The van der Waals surface area contributed by atoms with Crippen molar-refractivity contribution in [3.63, 3.8) is 0 Å². The number of nitrogens with one attached hydrogen (secondary N) is 3. The van der Waals surface area contributed by atoms with Crippen LogP contribution in [0.5, 0.6) is 5.75 Å². The van der Waals surface area contributed by atoms with Crippen molar-refractivity contribution in [3.8, 4) is 5.75 Å². The van der Waals surface area contributed by atoms with Crippen LogP contribution in [-0.4, -0.2) is 30.9 Å². The summed E-state index contributed by atoms with van der Waals surface area (Å²) in [5.41, 5.74) is 2.38. The first kappa shape index (κ1) is 17.7. The monoisotopic (exact) mass is 356 g/mol. The molecule has 0 bridgehead atoms. The van der Waals surface area contributed by atoms with Gasteiger partial charge in [0.15, 0.2) is 5.11 Å². The molecule has 1 unspecified atom stereocenters. The Hall–Kier alpha value is -2.11. The first-order valence-corrected chi connectivity index (χ1v) is 9.31. The van der Waals surface area contributed by atoms with Gasteiger partial charge in [-0.1, -0.05) is 30.3 Å². The highest BCUT2D eigenvalue weighted by Crippen LogP contribution is 2.15. The second kappa shape index (κ2) is 8.83. The van der Waals surface area contributed by atoms with E-state index in [9.17, 15) is 0 Å². The van der Waals surface area contributed by atoms with Crippen LogP contribution in [0.25, 0.3) is 0 Å². The van der Waals surface area contributed by atoms with Gasteiger partial charge in [-0.15, -0.1) is 0 Å². The van der Waals surface area contributed by atoms with Crippen molar-refractivity contribution in [2.75, 3.05) is 25.0 Å². The number of quaternary nitrogens is 1. The molecule has 0 amide bonds. The van der Waals surface area contributed by atoms with Crippen LogP contribution < -0.4 is 20.3 Å². The number of hydrogen-bond acceptors (Lipinski definition) is 2. The minimum Gasteiger partial charge on any atom is -0.494 e. The molecule has 3 rings (SSSR count). The van der Waals surface area contributed by atoms with Crippen LogP contribution in [0, 0.1) is 0 Å². The van der Waals surface area contributed by atoms with Crippen LogP contribution in [0.15, 0.2) is 54.6 Å². The van der Waals surface area contributed by atoms with E-state index in [-0.39, 0.29) is 0 Å². The number of likely N-dealkylation sites (tertiary alicyclic amines) is 1. The maximum absolute atomic E-state index is 5.46. The van der Waals surface area contributed by atoms with E-state index in [1.165, 1.54) is 12.1 Å². The van der Waals surface area contributed by atoms with E-state index in [2.05, 4.69) is 41.0 Å². The van der Waals surface area contributed by atoms with Crippen LogP contribution >= 0.6 is 12.2 Å². The molecular formula is C20H26N3OS+. The summed E-state index contributed by atoms with van der Waals surface area (Å²) in [4.78, 5) is 1.60. The molecule has 0 aromatic heterocycles. The highest BCUT2D eigenvalue weighted by atomic mass is 32.1. The van der Waals surface area contributed by atoms with Gasteiger partial charge in [0, 0.05) is 17.7 Å². The molecule has 5 heteroatoms. The summed E-state index contributed by atoms with van der Waals surface area (Å²) in [5, 5.41) is 7.40. The number of thiocarbonyl (C=S) groups is 1. The lowest BCUT2D eigenvalue weighted by atomic mass is 10.2. The Balaban J connectivity index is 1.44. The molecule has 0 radical (unpaired) electrons. The molecule has 2 atom stereocenters. The Bertz CT molecular complexity index is 675. The molecule has 0 saturated carbocycles. The second-order valence-electron chi connectivity index (χ2n) is 6.41. The molecule has 0 spiro atoms. The summed E-state index contributed by atoms with van der Waals surface area (Å²) in [6.07, 6.45) is 1.15. The van der Waals surface area contributed by atoms with Gasteiger partial charge in [0.25, 0.3) is 0 Å². The maximum atomic E-state index is 5.46. The molecule has 132 valence electrons. The van der Waals surface area contributed by atoms with Gasteiger partial charge in [-0.05, 0) is 43.4 Å². The Morgan fingerprint density at radius 3 is 2.64 bits per heavy atom. The van der Waals surface area contributed by atoms with Gasteiger partial charge in [0.2, 0.25) is 0 Å². The van der Waals surface area contributed by atoms with E-state index >= 15 is 0 Å². The summed E-state index contributed by atoms with van der Waals surface area (Å²) in [5.74, 6) is 0.878. The van der Waals surface area contributed by atoms with Gasteiger partial charge >= 0.3 is 0 Å². The van der Waals surface area contributed by atoms with Gasteiger partial charge < -0.3 is 20.3 Å². The Kier molecular flexibility index (Phi) is 6.25. The largest absolute Gasteiger partial charge is 0.494 e. The van der Waals surface area contributed by atoms with E-state index in [4.69, 9.17) is 17.0 Å². The maximum Gasteiger partial charge on any atom is 0.171 e. The smallest absolute Gasteiger partial charge is 0.171 e. The van der Waals surface area contributed by atoms with Crippen molar-refractivity contribution in [2.24, 2.45) is 0 Å². The van der Waals surface area contributed by atoms with Crippen molar-refractivity contribution < 1.29 is 9.64 Å². The van der Waals surface area contributed by atoms with Crippen molar-refractivity contribution in [1.29, 1.82) is 0 Å². The highest BCUT2D eigenvalue weighted by Gasteiger charge is 2.26. The molecular weight excluding hydrogens is 330 g/mol. The number of anilines is 1. The van der Waals surface area contributed by atoms with E-state index in [0.29, 0.717) is 17.8 Å². The molecule has 1 aliphatic heterocycles. The topological polar surface area (TPSA) is 37.7 Å². The molecule has 1 aliphatic rings. The van der Waals surface area contributed by atoms with Gasteiger partial charge in [0.1, 0.15) is 12.3 Å². The molecule has 1 saturated heterocycles. The third-order valence-electron chi connectivity index (χ3n) is 4.44. The van der Waals surface area contributed by atoms with E-state index in [1.54, 1.807) is 4.90 Å². The summed E-state index contributed by atoms with van der Waals surface area (Å²) in [7, 11) is 0. The average Bonchev–Trinajstić information content (AvgIpc) is 3.04. The van der Waals surface area contributed by atoms with Crippen LogP contribution in [0.3, 0.4) is 0 Å². The number of rotatable bonds is 6. The third-order valence-corrected chi connectivity index (χ3v) is 4.66. The quantitative estimate of drug-likeness (QED) is 0.694. The van der Waals surface area contributed by atoms with Gasteiger partial charge in [0.05, 0.1) is 25.7 Å². The van der Waals surface area contributed by atoms with E-state index < -0.39 is 0 Å². The fourth-order valence-corrected chi connectivity index (χ4v) is 3.54. The first-order chi connectivity index (χ1) is 12.2. The van der Waals surface area contributed by atoms with Crippen LogP contribution in [0.4, 0.5) is 5.69 Å². The van der Waals surface area contributed by atoms with Crippen molar-refractivity contribution in [1.82, 2.24) is 5.32 Å². The SMILES string of the molecule is CCOc1ccc(NC(=S)N[C@@H]2CC[NH+](Cc3ccccc3)C2)cc1. The lowest BCUT2D eigenvalue weighted by Gasteiger charge is -2.16. The molecule has 2 aromatic carbocycles. The van der Waals surface area contributed by atoms with Crippen LogP contribution in [0.2, 0.25) is 0 Å². The predicted octanol–water partition coefficient (Wildman–Crippen LogP) is 2.23. The Morgan fingerprint density at radius 1 is 1.16 bits per heavy atom. The van der Waals surface area contributed by atoms with E-state index in [0.717, 1.165) is 30.9 Å². The molecule has 4 nitrogen and oxygen atoms in total. The van der Waals surface area contributed by atoms with Gasteiger partial charge in [-0.3, -0.25) is 0 Å². The second-order valence-corrected chi connectivity index (χ2v) is 6.82. The normalized spacial score (nSPS) is 19.4. The average molecular weight is 357 g/mol. The van der Waals surface area contributed by atoms with Crippen LogP contribution in [0.1, 0.15) is 18.9 Å². The standard InChI is InChI=1S/C20H25N3OS/c1-2-24-19-10-8-17(9-11-19)21-20(25)22-18-12-13-23(15-18)14-16-6-4-3-5-7-16/h3-11,18H,2,12-15H2,1H3,(H2,21,22,25)/p+1/t18-/m1/s1. The summed E-state index contributed by atoms with van der Waals surface area (Å²) in [6.45, 7) is 6.02. The molecule has 3 N–H and O–H groups in total. The van der Waals surface area contributed by atoms with Gasteiger partial charge in [-0.2, -0.15) is 0 Å². The highest BCUT2D eigenvalue weighted by molar-refractivity contribution is 7.80. The van der Waals surface area contributed by atoms with Crippen molar-refractivity contribution >= 4 is 23.0 Å². The summed E-state index contributed by atoms with van der Waals surface area (Å²) in [6, 6.07) is 19.0.